The molecule has 4 heteroatoms. The molecule has 0 saturated carbocycles. The molecular formula is C15H12BrFN2. The summed E-state index contributed by atoms with van der Waals surface area (Å²) < 4.78 is 13.7. The predicted molar refractivity (Wildman–Crippen MR) is 77.3 cm³/mol. The standard InChI is InChI=1S/C15H12BrFN2/c1-10-5-14(17)13(16)7-15(10)19-9-12-4-2-3-11(6-12)8-18/h2-7,19H,9H2,1H3. The van der Waals surface area contributed by atoms with Crippen molar-refractivity contribution in [3.63, 3.8) is 0 Å². The zero-order valence-corrected chi connectivity index (χ0v) is 12.0. The van der Waals surface area contributed by atoms with Gasteiger partial charge >= 0.3 is 0 Å². The molecule has 1 N–H and O–H groups in total. The monoisotopic (exact) mass is 318 g/mol. The molecule has 96 valence electrons. The smallest absolute Gasteiger partial charge is 0.137 e. The van der Waals surface area contributed by atoms with Gasteiger partial charge in [-0.05, 0) is 58.2 Å². The molecule has 0 unspecified atom stereocenters. The summed E-state index contributed by atoms with van der Waals surface area (Å²) in [6.07, 6.45) is 0. The van der Waals surface area contributed by atoms with Crippen molar-refractivity contribution in [2.45, 2.75) is 13.5 Å². The van der Waals surface area contributed by atoms with Crippen LogP contribution in [0.5, 0.6) is 0 Å². The number of benzene rings is 2. The first-order valence-corrected chi connectivity index (χ1v) is 6.58. The number of hydrogen-bond donors (Lipinski definition) is 1. The summed E-state index contributed by atoms with van der Waals surface area (Å²) in [4.78, 5) is 0. The van der Waals surface area contributed by atoms with Gasteiger partial charge in [-0.15, -0.1) is 0 Å². The molecule has 0 radical (unpaired) electrons. The maximum Gasteiger partial charge on any atom is 0.137 e. The molecule has 2 rings (SSSR count). The van der Waals surface area contributed by atoms with Crippen LogP contribution < -0.4 is 5.32 Å². The van der Waals surface area contributed by atoms with Crippen molar-refractivity contribution in [2.24, 2.45) is 0 Å². The van der Waals surface area contributed by atoms with E-state index in [4.69, 9.17) is 5.26 Å². The van der Waals surface area contributed by atoms with Crippen LogP contribution in [0.3, 0.4) is 0 Å². The molecule has 0 fully saturated rings. The van der Waals surface area contributed by atoms with Crippen LogP contribution >= 0.6 is 15.9 Å². The Labute approximate surface area is 120 Å². The van der Waals surface area contributed by atoms with Gasteiger partial charge in [0.25, 0.3) is 0 Å². The molecular weight excluding hydrogens is 307 g/mol. The van der Waals surface area contributed by atoms with Crippen molar-refractivity contribution < 1.29 is 4.39 Å². The summed E-state index contributed by atoms with van der Waals surface area (Å²) in [6.45, 7) is 2.44. The number of nitrogens with zero attached hydrogens (tertiary/aromatic N) is 1. The molecule has 0 aliphatic rings. The predicted octanol–water partition coefficient (Wildman–Crippen LogP) is 4.38. The van der Waals surface area contributed by atoms with Crippen LogP contribution in [0.25, 0.3) is 0 Å². The molecule has 2 nitrogen and oxygen atoms in total. The summed E-state index contributed by atoms with van der Waals surface area (Å²) >= 11 is 3.17. The second-order valence-electron chi connectivity index (χ2n) is 4.25. The van der Waals surface area contributed by atoms with Crippen molar-refractivity contribution >= 4 is 21.6 Å². The average Bonchev–Trinajstić information content (AvgIpc) is 2.41. The minimum Gasteiger partial charge on any atom is -0.381 e. The van der Waals surface area contributed by atoms with E-state index in [1.165, 1.54) is 6.07 Å². The van der Waals surface area contributed by atoms with Gasteiger partial charge in [0.15, 0.2) is 0 Å². The van der Waals surface area contributed by atoms with Crippen molar-refractivity contribution in [3.05, 3.63) is 63.4 Å². The van der Waals surface area contributed by atoms with E-state index in [1.807, 2.05) is 25.1 Å². The van der Waals surface area contributed by atoms with Crippen LogP contribution in [0.15, 0.2) is 40.9 Å². The Kier molecular flexibility index (Phi) is 4.18. The van der Waals surface area contributed by atoms with Gasteiger partial charge in [0.05, 0.1) is 16.1 Å². The SMILES string of the molecule is Cc1cc(F)c(Br)cc1NCc1cccc(C#N)c1. The van der Waals surface area contributed by atoms with Gasteiger partial charge in [-0.25, -0.2) is 4.39 Å². The van der Waals surface area contributed by atoms with Crippen LogP contribution in [-0.2, 0) is 6.54 Å². The normalized spacial score (nSPS) is 10.0. The maximum atomic E-state index is 13.3. The van der Waals surface area contributed by atoms with Crippen molar-refractivity contribution in [1.29, 1.82) is 5.26 Å². The van der Waals surface area contributed by atoms with Crippen molar-refractivity contribution in [3.8, 4) is 6.07 Å². The molecule has 0 atom stereocenters. The van der Waals surface area contributed by atoms with Crippen LogP contribution in [0.2, 0.25) is 0 Å². The highest BCUT2D eigenvalue weighted by Gasteiger charge is 2.05. The number of nitrogens with one attached hydrogen (secondary N) is 1. The fourth-order valence-corrected chi connectivity index (χ4v) is 2.13. The topological polar surface area (TPSA) is 35.8 Å². The first kappa shape index (κ1) is 13.6. The van der Waals surface area contributed by atoms with Gasteiger partial charge in [0, 0.05) is 12.2 Å². The van der Waals surface area contributed by atoms with E-state index in [0.717, 1.165) is 16.8 Å². The van der Waals surface area contributed by atoms with E-state index in [2.05, 4.69) is 27.3 Å². The summed E-state index contributed by atoms with van der Waals surface area (Å²) in [5, 5.41) is 12.1. The Hall–Kier alpha value is -1.86. The minimum atomic E-state index is -0.269. The van der Waals surface area contributed by atoms with E-state index >= 15 is 0 Å². The molecule has 2 aromatic carbocycles. The van der Waals surface area contributed by atoms with Crippen molar-refractivity contribution in [1.82, 2.24) is 0 Å². The highest BCUT2D eigenvalue weighted by molar-refractivity contribution is 9.10. The maximum absolute atomic E-state index is 13.3. The second kappa shape index (κ2) is 5.85. The molecule has 0 spiro atoms. The minimum absolute atomic E-state index is 0.269. The molecule has 0 amide bonds. The van der Waals surface area contributed by atoms with E-state index in [1.54, 1.807) is 12.1 Å². The summed E-state index contributed by atoms with van der Waals surface area (Å²) in [5.41, 5.74) is 3.36. The zero-order chi connectivity index (χ0) is 13.8. The number of nitriles is 1. The first-order chi connectivity index (χ1) is 9.10. The van der Waals surface area contributed by atoms with Gasteiger partial charge in [-0.2, -0.15) is 5.26 Å². The molecule has 0 heterocycles. The largest absolute Gasteiger partial charge is 0.381 e. The van der Waals surface area contributed by atoms with Crippen LogP contribution in [0.1, 0.15) is 16.7 Å². The molecule has 0 bridgehead atoms. The molecule has 0 aliphatic heterocycles. The highest BCUT2D eigenvalue weighted by atomic mass is 79.9. The van der Waals surface area contributed by atoms with Gasteiger partial charge in [0.1, 0.15) is 5.82 Å². The Balaban J connectivity index is 2.14. The number of halogens is 2. The van der Waals surface area contributed by atoms with E-state index in [0.29, 0.717) is 16.6 Å². The molecule has 0 aliphatic carbocycles. The van der Waals surface area contributed by atoms with Gasteiger partial charge < -0.3 is 5.32 Å². The number of hydrogen-bond acceptors (Lipinski definition) is 2. The summed E-state index contributed by atoms with van der Waals surface area (Å²) in [6, 6.07) is 12.7. The first-order valence-electron chi connectivity index (χ1n) is 5.78. The molecule has 19 heavy (non-hydrogen) atoms. The molecule has 2 aromatic rings. The fourth-order valence-electron chi connectivity index (χ4n) is 1.78. The van der Waals surface area contributed by atoms with Gasteiger partial charge in [-0.3, -0.25) is 0 Å². The van der Waals surface area contributed by atoms with Crippen LogP contribution in [-0.4, -0.2) is 0 Å². The lowest BCUT2D eigenvalue weighted by Gasteiger charge is -2.11. The second-order valence-corrected chi connectivity index (χ2v) is 5.10. The third-order valence-electron chi connectivity index (χ3n) is 2.81. The lowest BCUT2D eigenvalue weighted by Crippen LogP contribution is -2.02. The molecule has 0 aromatic heterocycles. The Bertz CT molecular complexity index is 647. The number of anilines is 1. The van der Waals surface area contributed by atoms with E-state index in [9.17, 15) is 4.39 Å². The number of aryl methyl sites for hydroxylation is 1. The van der Waals surface area contributed by atoms with Crippen molar-refractivity contribution in [2.75, 3.05) is 5.32 Å². The van der Waals surface area contributed by atoms with Crippen LogP contribution in [0, 0.1) is 24.1 Å². The third kappa shape index (κ3) is 3.33. The van der Waals surface area contributed by atoms with E-state index < -0.39 is 0 Å². The molecule has 0 saturated heterocycles. The summed E-state index contributed by atoms with van der Waals surface area (Å²) in [7, 11) is 0. The quantitative estimate of drug-likeness (QED) is 0.911. The lowest BCUT2D eigenvalue weighted by atomic mass is 10.1. The van der Waals surface area contributed by atoms with Gasteiger partial charge in [0.2, 0.25) is 0 Å². The lowest BCUT2D eigenvalue weighted by molar-refractivity contribution is 0.620. The van der Waals surface area contributed by atoms with Crippen LogP contribution in [0.4, 0.5) is 10.1 Å². The highest BCUT2D eigenvalue weighted by Crippen LogP contribution is 2.24. The zero-order valence-electron chi connectivity index (χ0n) is 10.4. The fraction of sp³-hybridized carbons (Fsp3) is 0.133. The Morgan fingerprint density at radius 3 is 2.84 bits per heavy atom. The number of rotatable bonds is 3. The Morgan fingerprint density at radius 2 is 2.11 bits per heavy atom. The average molecular weight is 319 g/mol. The van der Waals surface area contributed by atoms with E-state index in [-0.39, 0.29) is 5.82 Å². The van der Waals surface area contributed by atoms with Gasteiger partial charge in [-0.1, -0.05) is 12.1 Å². The summed E-state index contributed by atoms with van der Waals surface area (Å²) in [5.74, 6) is -0.269. The third-order valence-corrected chi connectivity index (χ3v) is 3.41. The Morgan fingerprint density at radius 1 is 1.32 bits per heavy atom.